The third-order valence-corrected chi connectivity index (χ3v) is 9.42. The number of aliphatic hydroxyl groups is 1. The van der Waals surface area contributed by atoms with Crippen LogP contribution in [-0.4, -0.2) is 57.6 Å². The number of aliphatic hydroxyl groups excluding tert-OH is 1. The van der Waals surface area contributed by atoms with Gasteiger partial charge in [-0.15, -0.1) is 5.06 Å². The summed E-state index contributed by atoms with van der Waals surface area (Å²) in [5.74, 6) is -2.23. The van der Waals surface area contributed by atoms with Gasteiger partial charge in [-0.3, -0.25) is 14.4 Å². The highest BCUT2D eigenvalue weighted by Gasteiger charge is 2.47. The second kappa shape index (κ2) is 10.0. The quantitative estimate of drug-likeness (QED) is 0.266. The van der Waals surface area contributed by atoms with Gasteiger partial charge in [0, 0.05) is 58.9 Å². The van der Waals surface area contributed by atoms with E-state index in [2.05, 4.69) is 13.8 Å². The summed E-state index contributed by atoms with van der Waals surface area (Å²) < 4.78 is 2.02. The number of imide groups is 1. The van der Waals surface area contributed by atoms with Crippen molar-refractivity contribution in [2.24, 2.45) is 0 Å². The van der Waals surface area contributed by atoms with Crippen LogP contribution in [-0.2, 0) is 30.1 Å². The van der Waals surface area contributed by atoms with Crippen LogP contribution < -0.4 is 4.90 Å². The van der Waals surface area contributed by atoms with E-state index in [4.69, 9.17) is 16.4 Å². The first kappa shape index (κ1) is 29.6. The Morgan fingerprint density at radius 1 is 1.00 bits per heavy atom. The summed E-state index contributed by atoms with van der Waals surface area (Å²) in [6.07, 6.45) is 3.50. The van der Waals surface area contributed by atoms with Gasteiger partial charge in [-0.25, -0.2) is 4.79 Å². The van der Waals surface area contributed by atoms with Crippen molar-refractivity contribution in [2.45, 2.75) is 58.3 Å². The van der Waals surface area contributed by atoms with Gasteiger partial charge in [0.05, 0.1) is 22.1 Å². The number of carbonyl (C=O) groups is 4. The summed E-state index contributed by atoms with van der Waals surface area (Å²) in [5, 5.41) is 12.3. The van der Waals surface area contributed by atoms with Crippen LogP contribution in [0.1, 0.15) is 68.9 Å². The molecule has 0 aromatic heterocycles. The molecule has 0 bridgehead atoms. The van der Waals surface area contributed by atoms with E-state index in [1.165, 1.54) is 0 Å². The monoisotopic (exact) mass is 614 g/mol. The van der Waals surface area contributed by atoms with Crippen molar-refractivity contribution in [1.29, 1.82) is 0 Å². The van der Waals surface area contributed by atoms with Gasteiger partial charge in [0.15, 0.2) is 5.71 Å². The Bertz CT molecular complexity index is 1830. The number of ketones is 1. The van der Waals surface area contributed by atoms with E-state index in [-0.39, 0.29) is 41.1 Å². The first-order valence-electron chi connectivity index (χ1n) is 14.5. The van der Waals surface area contributed by atoms with Crippen molar-refractivity contribution >= 4 is 52.3 Å². The summed E-state index contributed by atoms with van der Waals surface area (Å²) in [6.45, 7) is 10.6. The molecule has 1 N–H and O–H groups in total. The van der Waals surface area contributed by atoms with E-state index in [1.54, 1.807) is 30.4 Å². The molecule has 6 rings (SSSR count). The molecule has 0 saturated carbocycles. The van der Waals surface area contributed by atoms with Gasteiger partial charge < -0.3 is 14.8 Å². The molecule has 0 atom stereocenters. The number of hydroxylamine groups is 2. The molecule has 9 nitrogen and oxygen atoms in total. The number of amides is 2. The Labute approximate surface area is 260 Å². The van der Waals surface area contributed by atoms with Crippen LogP contribution in [0.15, 0.2) is 71.2 Å². The number of halogens is 1. The zero-order chi connectivity index (χ0) is 31.9. The minimum atomic E-state index is -0.807. The molecule has 0 spiro atoms. The lowest BCUT2D eigenvalue weighted by Gasteiger charge is -2.28. The fourth-order valence-corrected chi connectivity index (χ4v) is 6.82. The Kier molecular flexibility index (Phi) is 6.73. The van der Waals surface area contributed by atoms with Gasteiger partial charge in [-0.1, -0.05) is 25.4 Å². The number of benzene rings is 2. The van der Waals surface area contributed by atoms with Crippen LogP contribution in [0.5, 0.6) is 0 Å². The number of anilines is 1. The Morgan fingerprint density at radius 2 is 1.68 bits per heavy atom. The first-order valence-corrected chi connectivity index (χ1v) is 14.9. The molecule has 226 valence electrons. The summed E-state index contributed by atoms with van der Waals surface area (Å²) in [6, 6.07) is 10.8. The first-order chi connectivity index (χ1) is 20.7. The molecule has 10 heteroatoms. The minimum absolute atomic E-state index is 0.0115. The van der Waals surface area contributed by atoms with E-state index in [0.29, 0.717) is 16.6 Å². The molecule has 2 amide bonds. The number of rotatable bonds is 5. The molecule has 3 aliphatic heterocycles. The SMILES string of the molecule is CCN1/C(=C/C2=C(O)C(=C\C3=[N+](C)c4ccc(Cl)cc4C3(C)C)/C2=O)C(C)(C)c2cc(C(=O)ON3C(=O)CCC3=O)ccc21. The number of hydrogen-bond acceptors (Lipinski definition) is 7. The predicted octanol–water partition coefficient (Wildman–Crippen LogP) is 5.59. The van der Waals surface area contributed by atoms with E-state index in [0.717, 1.165) is 33.9 Å². The molecule has 0 unspecified atom stereocenters. The maximum absolute atomic E-state index is 13.5. The Morgan fingerprint density at radius 3 is 2.32 bits per heavy atom. The standard InChI is InChI=1S/C34H32ClN3O6/c1-7-37-25-10-8-18(32(43)44-38-28(39)12-13-29(38)40)14-22(25)34(4,5)27(37)17-21-30(41)20(31(21)42)16-26-33(2,3)23-15-19(35)9-11-24(23)36(26)6/h8-11,14-17H,7,12-13H2,1-6H3/p+1. The molecule has 44 heavy (non-hydrogen) atoms. The molecule has 1 saturated heterocycles. The van der Waals surface area contributed by atoms with Crippen LogP contribution in [0, 0.1) is 0 Å². The molecule has 2 aromatic carbocycles. The lowest BCUT2D eigenvalue weighted by atomic mass is 9.77. The van der Waals surface area contributed by atoms with E-state index < -0.39 is 28.6 Å². The summed E-state index contributed by atoms with van der Waals surface area (Å²) in [4.78, 5) is 57.4. The van der Waals surface area contributed by atoms with Crippen LogP contribution in [0.2, 0.25) is 5.02 Å². The molecule has 4 aliphatic rings. The topological polar surface area (TPSA) is 107 Å². The highest BCUT2D eigenvalue weighted by atomic mass is 35.5. The van der Waals surface area contributed by atoms with Gasteiger partial charge in [0.2, 0.25) is 11.5 Å². The van der Waals surface area contributed by atoms with Gasteiger partial charge in [0.1, 0.15) is 12.8 Å². The number of allylic oxidation sites excluding steroid dienone is 5. The summed E-state index contributed by atoms with van der Waals surface area (Å²) in [5.41, 5.74) is 4.92. The summed E-state index contributed by atoms with van der Waals surface area (Å²) >= 11 is 6.28. The van der Waals surface area contributed by atoms with Crippen molar-refractivity contribution < 1.29 is 33.7 Å². The Balaban J connectivity index is 1.33. The fourth-order valence-electron chi connectivity index (χ4n) is 6.65. The van der Waals surface area contributed by atoms with Crippen molar-refractivity contribution in [3.05, 3.63) is 92.9 Å². The predicted molar refractivity (Wildman–Crippen MR) is 165 cm³/mol. The Hall–Kier alpha value is -4.50. The normalized spacial score (nSPS) is 21.9. The number of hydrogen-bond donors (Lipinski definition) is 1. The smallest absolute Gasteiger partial charge is 0.363 e. The van der Waals surface area contributed by atoms with Crippen molar-refractivity contribution in [1.82, 2.24) is 5.06 Å². The third-order valence-electron chi connectivity index (χ3n) is 9.18. The molecule has 1 fully saturated rings. The average Bonchev–Trinajstić information content (AvgIpc) is 3.48. The second-order valence-corrected chi connectivity index (χ2v) is 12.9. The van der Waals surface area contributed by atoms with E-state index >= 15 is 0 Å². The van der Waals surface area contributed by atoms with Crippen LogP contribution in [0.3, 0.4) is 0 Å². The number of nitrogens with zero attached hydrogens (tertiary/aromatic N) is 3. The maximum atomic E-state index is 13.5. The molecule has 1 aliphatic carbocycles. The molecular weight excluding hydrogens is 582 g/mol. The van der Waals surface area contributed by atoms with Gasteiger partial charge in [-0.05, 0) is 62.7 Å². The largest absolute Gasteiger partial charge is 0.506 e. The molecular formula is C34H33ClN3O6+. The van der Waals surface area contributed by atoms with Crippen molar-refractivity contribution in [3.8, 4) is 0 Å². The number of fused-ring (bicyclic) bond motifs is 2. The number of carbonyl (C=O) groups excluding carboxylic acids is 4. The van der Waals surface area contributed by atoms with Crippen molar-refractivity contribution in [2.75, 3.05) is 18.5 Å². The van der Waals surface area contributed by atoms with Gasteiger partial charge >= 0.3 is 5.97 Å². The highest BCUT2D eigenvalue weighted by Crippen LogP contribution is 2.49. The van der Waals surface area contributed by atoms with Crippen LogP contribution in [0.25, 0.3) is 0 Å². The maximum Gasteiger partial charge on any atom is 0.363 e. The van der Waals surface area contributed by atoms with Gasteiger partial charge in [0.25, 0.3) is 11.8 Å². The second-order valence-electron chi connectivity index (χ2n) is 12.5. The van der Waals surface area contributed by atoms with E-state index in [9.17, 15) is 24.3 Å². The average molecular weight is 615 g/mol. The fraction of sp³-hybridized carbons (Fsp3) is 0.324. The lowest BCUT2D eigenvalue weighted by Crippen LogP contribution is -2.32. The van der Waals surface area contributed by atoms with Gasteiger partial charge in [-0.2, -0.15) is 4.58 Å². The highest BCUT2D eigenvalue weighted by molar-refractivity contribution is 6.31. The van der Waals surface area contributed by atoms with Crippen LogP contribution in [0.4, 0.5) is 11.4 Å². The van der Waals surface area contributed by atoms with E-state index in [1.807, 2.05) is 55.5 Å². The third kappa shape index (κ3) is 4.24. The summed E-state index contributed by atoms with van der Waals surface area (Å²) in [7, 11) is 1.93. The molecule has 0 radical (unpaired) electrons. The molecule has 2 aromatic rings. The lowest BCUT2D eigenvalue weighted by molar-refractivity contribution is -0.401. The molecule has 3 heterocycles. The minimum Gasteiger partial charge on any atom is -0.506 e. The van der Waals surface area contributed by atoms with Crippen LogP contribution >= 0.6 is 11.6 Å². The zero-order valence-corrected chi connectivity index (χ0v) is 26.2. The number of likely N-dealkylation sites (N-methyl/N-ethyl adjacent to an activating group) is 1. The zero-order valence-electron chi connectivity index (χ0n) is 25.4. The van der Waals surface area contributed by atoms with Crippen molar-refractivity contribution in [3.63, 3.8) is 0 Å². The number of Topliss-reactive ketones (excluding diaryl/α,β-unsaturated/α-hetero) is 1.